The van der Waals surface area contributed by atoms with Crippen LogP contribution in [0.1, 0.15) is 18.5 Å². The summed E-state index contributed by atoms with van der Waals surface area (Å²) in [4.78, 5) is 4.35. The molecule has 5 nitrogen and oxygen atoms in total. The zero-order valence-corrected chi connectivity index (χ0v) is 12.1. The molecule has 0 fully saturated rings. The number of ether oxygens (including phenoxy) is 1. The number of hydrogen-bond donors (Lipinski definition) is 1. The maximum absolute atomic E-state index is 11.5. The maximum atomic E-state index is 11.5. The van der Waals surface area contributed by atoms with E-state index in [-0.39, 0.29) is 10.9 Å². The van der Waals surface area contributed by atoms with Crippen molar-refractivity contribution in [3.63, 3.8) is 0 Å². The van der Waals surface area contributed by atoms with Crippen molar-refractivity contribution in [1.29, 1.82) is 0 Å². The lowest BCUT2D eigenvalue weighted by molar-refractivity contribution is 0.460. The predicted octanol–water partition coefficient (Wildman–Crippen LogP) is 2.30. The third-order valence-electron chi connectivity index (χ3n) is 2.74. The Labute approximate surface area is 118 Å². The number of benzene rings is 1. The fourth-order valence-electron chi connectivity index (χ4n) is 1.61. The number of aromatic nitrogens is 1. The molecule has 106 valence electrons. The summed E-state index contributed by atoms with van der Waals surface area (Å²) in [5.41, 5.74) is 6.64. The van der Waals surface area contributed by atoms with Crippen molar-refractivity contribution in [2.24, 2.45) is 5.73 Å². The van der Waals surface area contributed by atoms with E-state index in [0.717, 1.165) is 11.8 Å². The second kappa shape index (κ2) is 5.60. The van der Waals surface area contributed by atoms with Gasteiger partial charge < -0.3 is 10.5 Å². The zero-order chi connectivity index (χ0) is 14.8. The van der Waals surface area contributed by atoms with Gasteiger partial charge in [0.05, 0.1) is 4.90 Å². The van der Waals surface area contributed by atoms with Crippen LogP contribution < -0.4 is 10.5 Å². The molecule has 1 atom stereocenters. The van der Waals surface area contributed by atoms with E-state index in [0.29, 0.717) is 11.6 Å². The molecule has 0 aliphatic rings. The third-order valence-corrected chi connectivity index (χ3v) is 3.85. The highest BCUT2D eigenvalue weighted by molar-refractivity contribution is 7.90. The van der Waals surface area contributed by atoms with Crippen molar-refractivity contribution in [2.45, 2.75) is 17.9 Å². The summed E-state index contributed by atoms with van der Waals surface area (Å²) in [7, 11) is -3.25. The molecule has 0 aliphatic carbocycles. The lowest BCUT2D eigenvalue weighted by Gasteiger charge is -2.08. The minimum absolute atomic E-state index is 0.0925. The van der Waals surface area contributed by atoms with Gasteiger partial charge in [0.1, 0.15) is 5.75 Å². The highest BCUT2D eigenvalue weighted by atomic mass is 32.2. The van der Waals surface area contributed by atoms with Gasteiger partial charge in [-0.15, -0.1) is 0 Å². The second-order valence-corrected chi connectivity index (χ2v) is 6.58. The topological polar surface area (TPSA) is 82.3 Å². The van der Waals surface area contributed by atoms with Gasteiger partial charge >= 0.3 is 0 Å². The minimum Gasteiger partial charge on any atom is -0.439 e. The number of nitrogens with two attached hydrogens (primary N) is 1. The van der Waals surface area contributed by atoms with Gasteiger partial charge in [0, 0.05) is 24.6 Å². The van der Waals surface area contributed by atoms with Crippen LogP contribution in [0.25, 0.3) is 0 Å². The molecule has 0 aliphatic heterocycles. The molecule has 0 unspecified atom stereocenters. The lowest BCUT2D eigenvalue weighted by Crippen LogP contribution is -2.05. The number of sulfone groups is 1. The molecule has 1 heterocycles. The Balaban J connectivity index is 2.22. The SMILES string of the molecule is C[C@@H](N)c1ccc(Oc2cccc(S(C)(=O)=O)c2)nc1. The molecule has 0 spiro atoms. The smallest absolute Gasteiger partial charge is 0.219 e. The summed E-state index contributed by atoms with van der Waals surface area (Å²) in [5, 5.41) is 0. The first-order valence-electron chi connectivity index (χ1n) is 6.06. The normalized spacial score (nSPS) is 12.9. The number of nitrogens with zero attached hydrogens (tertiary/aromatic N) is 1. The van der Waals surface area contributed by atoms with Crippen LogP contribution >= 0.6 is 0 Å². The van der Waals surface area contributed by atoms with E-state index in [1.54, 1.807) is 24.4 Å². The van der Waals surface area contributed by atoms with Gasteiger partial charge in [0.15, 0.2) is 9.84 Å². The zero-order valence-electron chi connectivity index (χ0n) is 11.3. The van der Waals surface area contributed by atoms with Crippen molar-refractivity contribution in [3.05, 3.63) is 48.2 Å². The Kier molecular flexibility index (Phi) is 4.06. The van der Waals surface area contributed by atoms with E-state index in [9.17, 15) is 8.42 Å². The summed E-state index contributed by atoms with van der Waals surface area (Å²) in [5.74, 6) is 0.814. The first-order valence-corrected chi connectivity index (χ1v) is 7.95. The van der Waals surface area contributed by atoms with Crippen molar-refractivity contribution in [3.8, 4) is 11.6 Å². The van der Waals surface area contributed by atoms with Crippen LogP contribution in [0.3, 0.4) is 0 Å². The largest absolute Gasteiger partial charge is 0.439 e. The predicted molar refractivity (Wildman–Crippen MR) is 76.5 cm³/mol. The molecule has 20 heavy (non-hydrogen) atoms. The summed E-state index contributed by atoms with van der Waals surface area (Å²) in [6, 6.07) is 9.73. The lowest BCUT2D eigenvalue weighted by atomic mass is 10.2. The van der Waals surface area contributed by atoms with Gasteiger partial charge in [0.25, 0.3) is 0 Å². The Morgan fingerprint density at radius 1 is 1.25 bits per heavy atom. The third kappa shape index (κ3) is 3.55. The molecule has 0 radical (unpaired) electrons. The molecule has 2 rings (SSSR count). The van der Waals surface area contributed by atoms with E-state index < -0.39 is 9.84 Å². The molecule has 0 amide bonds. The van der Waals surface area contributed by atoms with Crippen LogP contribution in [0.15, 0.2) is 47.5 Å². The molecular formula is C14H16N2O3S. The van der Waals surface area contributed by atoms with E-state index >= 15 is 0 Å². The quantitative estimate of drug-likeness (QED) is 0.935. The molecule has 1 aromatic carbocycles. The van der Waals surface area contributed by atoms with Gasteiger partial charge in [0.2, 0.25) is 5.88 Å². The minimum atomic E-state index is -3.25. The van der Waals surface area contributed by atoms with E-state index in [2.05, 4.69) is 4.98 Å². The molecular weight excluding hydrogens is 276 g/mol. The van der Waals surface area contributed by atoms with Crippen molar-refractivity contribution >= 4 is 9.84 Å². The second-order valence-electron chi connectivity index (χ2n) is 4.57. The van der Waals surface area contributed by atoms with Crippen LogP contribution in [-0.4, -0.2) is 19.7 Å². The molecule has 0 saturated heterocycles. The number of rotatable bonds is 4. The van der Waals surface area contributed by atoms with Crippen molar-refractivity contribution in [2.75, 3.05) is 6.26 Å². The first-order chi connectivity index (χ1) is 9.36. The molecule has 0 bridgehead atoms. The van der Waals surface area contributed by atoms with Crippen LogP contribution in [-0.2, 0) is 9.84 Å². The average molecular weight is 292 g/mol. The Bertz CT molecular complexity index is 695. The van der Waals surface area contributed by atoms with Gasteiger partial charge in [-0.25, -0.2) is 13.4 Å². The van der Waals surface area contributed by atoms with Gasteiger partial charge in [-0.05, 0) is 30.7 Å². The van der Waals surface area contributed by atoms with Crippen LogP contribution in [0.4, 0.5) is 0 Å². The first kappa shape index (κ1) is 14.5. The Morgan fingerprint density at radius 3 is 2.55 bits per heavy atom. The molecule has 0 saturated carbocycles. The summed E-state index contributed by atoms with van der Waals surface area (Å²) < 4.78 is 28.5. The van der Waals surface area contributed by atoms with Gasteiger partial charge in [-0.3, -0.25) is 0 Å². The van der Waals surface area contributed by atoms with Crippen molar-refractivity contribution < 1.29 is 13.2 Å². The van der Waals surface area contributed by atoms with E-state index in [4.69, 9.17) is 10.5 Å². The monoisotopic (exact) mass is 292 g/mol. The molecule has 1 aromatic heterocycles. The average Bonchev–Trinajstić information content (AvgIpc) is 2.38. The molecule has 6 heteroatoms. The Hall–Kier alpha value is -1.92. The number of pyridine rings is 1. The number of hydrogen-bond acceptors (Lipinski definition) is 5. The Morgan fingerprint density at radius 2 is 2.00 bits per heavy atom. The fourth-order valence-corrected chi connectivity index (χ4v) is 2.27. The van der Waals surface area contributed by atoms with Crippen LogP contribution in [0.5, 0.6) is 11.6 Å². The fraction of sp³-hybridized carbons (Fsp3) is 0.214. The van der Waals surface area contributed by atoms with Gasteiger partial charge in [-0.2, -0.15) is 0 Å². The highest BCUT2D eigenvalue weighted by Crippen LogP contribution is 2.23. The molecule has 2 aromatic rings. The van der Waals surface area contributed by atoms with Gasteiger partial charge in [-0.1, -0.05) is 12.1 Å². The van der Waals surface area contributed by atoms with Crippen LogP contribution in [0, 0.1) is 0 Å². The standard InChI is InChI=1S/C14H16N2O3S/c1-10(15)11-6-7-14(16-9-11)19-12-4-3-5-13(8-12)20(2,17)18/h3-10H,15H2,1-2H3/t10-/m1/s1. The highest BCUT2D eigenvalue weighted by Gasteiger charge is 2.09. The summed E-state index contributed by atoms with van der Waals surface area (Å²) in [6.07, 6.45) is 2.79. The summed E-state index contributed by atoms with van der Waals surface area (Å²) >= 11 is 0. The van der Waals surface area contributed by atoms with E-state index in [1.165, 1.54) is 12.1 Å². The van der Waals surface area contributed by atoms with E-state index in [1.807, 2.05) is 13.0 Å². The van der Waals surface area contributed by atoms with Crippen LogP contribution in [0.2, 0.25) is 0 Å². The maximum Gasteiger partial charge on any atom is 0.219 e. The summed E-state index contributed by atoms with van der Waals surface area (Å²) in [6.45, 7) is 1.87. The van der Waals surface area contributed by atoms with Crippen molar-refractivity contribution in [1.82, 2.24) is 4.98 Å². The molecule has 2 N–H and O–H groups in total.